The van der Waals surface area contributed by atoms with E-state index in [-0.39, 0.29) is 0 Å². The number of hydrogen-bond donors (Lipinski definition) is 2. The SMILES string of the molecule is Nc1ccc2nc(NC3CCN(C4CC4)C3)oc2c1. The summed E-state index contributed by atoms with van der Waals surface area (Å²) in [7, 11) is 0. The molecule has 1 unspecified atom stereocenters. The third kappa shape index (κ3) is 2.14. The Morgan fingerprint density at radius 3 is 3.05 bits per heavy atom. The molecule has 0 spiro atoms. The zero-order valence-electron chi connectivity index (χ0n) is 10.8. The van der Waals surface area contributed by atoms with Crippen molar-refractivity contribution in [2.45, 2.75) is 31.3 Å². The van der Waals surface area contributed by atoms with Crippen molar-refractivity contribution >= 4 is 22.8 Å². The van der Waals surface area contributed by atoms with Crippen LogP contribution in [0.2, 0.25) is 0 Å². The van der Waals surface area contributed by atoms with Crippen molar-refractivity contribution in [3.63, 3.8) is 0 Å². The van der Waals surface area contributed by atoms with Crippen LogP contribution in [-0.4, -0.2) is 35.1 Å². The first-order valence-electron chi connectivity index (χ1n) is 6.94. The smallest absolute Gasteiger partial charge is 0.295 e. The molecule has 2 aromatic rings. The number of oxazole rings is 1. The predicted molar refractivity (Wildman–Crippen MR) is 75.0 cm³/mol. The van der Waals surface area contributed by atoms with Crippen molar-refractivity contribution in [3.8, 4) is 0 Å². The van der Waals surface area contributed by atoms with E-state index < -0.39 is 0 Å². The Hall–Kier alpha value is -1.75. The van der Waals surface area contributed by atoms with Crippen molar-refractivity contribution in [2.75, 3.05) is 24.1 Å². The largest absolute Gasteiger partial charge is 0.423 e. The molecule has 3 N–H and O–H groups in total. The third-order valence-electron chi connectivity index (χ3n) is 4.02. The number of anilines is 2. The van der Waals surface area contributed by atoms with Gasteiger partial charge in [-0.05, 0) is 31.4 Å². The number of nitrogens with one attached hydrogen (secondary N) is 1. The fourth-order valence-corrected chi connectivity index (χ4v) is 2.85. The molecular weight excluding hydrogens is 240 g/mol. The van der Waals surface area contributed by atoms with E-state index >= 15 is 0 Å². The van der Waals surface area contributed by atoms with Crippen LogP contribution >= 0.6 is 0 Å². The lowest BCUT2D eigenvalue weighted by atomic mass is 10.3. The van der Waals surface area contributed by atoms with E-state index in [9.17, 15) is 0 Å². The molecule has 1 aliphatic heterocycles. The molecule has 1 saturated carbocycles. The van der Waals surface area contributed by atoms with Crippen molar-refractivity contribution in [1.82, 2.24) is 9.88 Å². The summed E-state index contributed by atoms with van der Waals surface area (Å²) in [6.45, 7) is 2.29. The summed E-state index contributed by atoms with van der Waals surface area (Å²) in [5, 5.41) is 3.40. The molecule has 2 heterocycles. The van der Waals surface area contributed by atoms with Gasteiger partial charge >= 0.3 is 0 Å². The molecule has 1 atom stereocenters. The number of fused-ring (bicyclic) bond motifs is 1. The maximum Gasteiger partial charge on any atom is 0.295 e. The van der Waals surface area contributed by atoms with Crippen LogP contribution in [0.3, 0.4) is 0 Å². The quantitative estimate of drug-likeness (QED) is 0.825. The van der Waals surface area contributed by atoms with E-state index in [1.54, 1.807) is 0 Å². The van der Waals surface area contributed by atoms with Crippen LogP contribution in [-0.2, 0) is 0 Å². The summed E-state index contributed by atoms with van der Waals surface area (Å²) < 4.78 is 5.70. The normalized spacial score (nSPS) is 24.1. The van der Waals surface area contributed by atoms with E-state index in [2.05, 4.69) is 15.2 Å². The standard InChI is InChI=1S/C14H18N4O/c15-9-1-4-12-13(7-9)19-14(17-12)16-10-5-6-18(8-10)11-2-3-11/h1,4,7,10-11H,2-3,5-6,8,15H2,(H,16,17). The third-order valence-corrected chi connectivity index (χ3v) is 4.02. The minimum atomic E-state index is 0.450. The summed E-state index contributed by atoms with van der Waals surface area (Å²) in [5.41, 5.74) is 8.05. The summed E-state index contributed by atoms with van der Waals surface area (Å²) in [6, 6.07) is 7.46. The van der Waals surface area contributed by atoms with Crippen LogP contribution in [0.5, 0.6) is 0 Å². The maximum atomic E-state index is 5.74. The average Bonchev–Trinajstić information content (AvgIpc) is 3.01. The molecule has 1 saturated heterocycles. The van der Waals surface area contributed by atoms with Gasteiger partial charge in [-0.3, -0.25) is 4.90 Å². The van der Waals surface area contributed by atoms with E-state index in [0.717, 1.165) is 30.1 Å². The minimum Gasteiger partial charge on any atom is -0.423 e. The van der Waals surface area contributed by atoms with Crippen molar-refractivity contribution in [2.24, 2.45) is 0 Å². The highest BCUT2D eigenvalue weighted by Crippen LogP contribution is 2.31. The molecular formula is C14H18N4O. The second kappa shape index (κ2) is 4.13. The Labute approximate surface area is 111 Å². The van der Waals surface area contributed by atoms with Crippen LogP contribution in [0.1, 0.15) is 19.3 Å². The van der Waals surface area contributed by atoms with Gasteiger partial charge in [0, 0.05) is 36.9 Å². The highest BCUT2D eigenvalue weighted by molar-refractivity contribution is 5.78. The zero-order valence-corrected chi connectivity index (χ0v) is 10.8. The monoisotopic (exact) mass is 258 g/mol. The first-order chi connectivity index (χ1) is 9.28. The Morgan fingerprint density at radius 1 is 1.32 bits per heavy atom. The molecule has 100 valence electrons. The van der Waals surface area contributed by atoms with E-state index in [0.29, 0.717) is 17.7 Å². The van der Waals surface area contributed by atoms with E-state index in [1.807, 2.05) is 18.2 Å². The number of nitrogen functional groups attached to an aromatic ring is 1. The van der Waals surface area contributed by atoms with Crippen molar-refractivity contribution < 1.29 is 4.42 Å². The molecule has 1 aromatic heterocycles. The number of rotatable bonds is 3. The first kappa shape index (κ1) is 11.1. The van der Waals surface area contributed by atoms with Gasteiger partial charge in [0.05, 0.1) is 0 Å². The van der Waals surface area contributed by atoms with Gasteiger partial charge in [0.1, 0.15) is 5.52 Å². The van der Waals surface area contributed by atoms with Gasteiger partial charge in [-0.15, -0.1) is 0 Å². The molecule has 1 aliphatic carbocycles. The van der Waals surface area contributed by atoms with E-state index in [1.165, 1.54) is 19.4 Å². The molecule has 0 radical (unpaired) electrons. The number of aromatic nitrogens is 1. The van der Waals surface area contributed by atoms with Gasteiger partial charge in [-0.25, -0.2) is 0 Å². The Bertz CT molecular complexity index is 605. The molecule has 5 heteroatoms. The van der Waals surface area contributed by atoms with Crippen LogP contribution in [0, 0.1) is 0 Å². The molecule has 2 fully saturated rings. The van der Waals surface area contributed by atoms with Crippen LogP contribution in [0.25, 0.3) is 11.1 Å². The van der Waals surface area contributed by atoms with Crippen molar-refractivity contribution in [3.05, 3.63) is 18.2 Å². The molecule has 19 heavy (non-hydrogen) atoms. The molecule has 2 aliphatic rings. The Kier molecular flexibility index (Phi) is 2.41. The molecule has 4 rings (SSSR count). The lowest BCUT2D eigenvalue weighted by molar-refractivity contribution is 0.325. The second-order valence-electron chi connectivity index (χ2n) is 5.60. The lowest BCUT2D eigenvalue weighted by Gasteiger charge is -2.14. The summed E-state index contributed by atoms with van der Waals surface area (Å²) in [4.78, 5) is 7.02. The maximum absolute atomic E-state index is 5.74. The van der Waals surface area contributed by atoms with Gasteiger partial charge in [0.2, 0.25) is 0 Å². The second-order valence-corrected chi connectivity index (χ2v) is 5.60. The van der Waals surface area contributed by atoms with Gasteiger partial charge in [0.25, 0.3) is 6.01 Å². The number of hydrogen-bond acceptors (Lipinski definition) is 5. The number of nitrogens with two attached hydrogens (primary N) is 1. The topological polar surface area (TPSA) is 67.3 Å². The highest BCUT2D eigenvalue weighted by atomic mass is 16.4. The Balaban J connectivity index is 1.48. The summed E-state index contributed by atoms with van der Waals surface area (Å²) >= 11 is 0. The van der Waals surface area contributed by atoms with E-state index in [4.69, 9.17) is 10.2 Å². The van der Waals surface area contributed by atoms with Gasteiger partial charge in [-0.2, -0.15) is 4.98 Å². The molecule has 0 amide bonds. The first-order valence-corrected chi connectivity index (χ1v) is 6.94. The zero-order chi connectivity index (χ0) is 12.8. The van der Waals surface area contributed by atoms with Crippen LogP contribution in [0.4, 0.5) is 11.7 Å². The number of likely N-dealkylation sites (tertiary alicyclic amines) is 1. The van der Waals surface area contributed by atoms with Crippen molar-refractivity contribution in [1.29, 1.82) is 0 Å². The predicted octanol–water partition coefficient (Wildman–Crippen LogP) is 2.06. The van der Waals surface area contributed by atoms with Crippen LogP contribution in [0.15, 0.2) is 22.6 Å². The average molecular weight is 258 g/mol. The molecule has 1 aromatic carbocycles. The fraction of sp³-hybridized carbons (Fsp3) is 0.500. The number of nitrogens with zero attached hydrogens (tertiary/aromatic N) is 2. The number of benzene rings is 1. The lowest BCUT2D eigenvalue weighted by Crippen LogP contribution is -2.27. The summed E-state index contributed by atoms with van der Waals surface area (Å²) in [5.74, 6) is 0. The molecule has 0 bridgehead atoms. The highest BCUT2D eigenvalue weighted by Gasteiger charge is 2.34. The Morgan fingerprint density at radius 2 is 2.21 bits per heavy atom. The van der Waals surface area contributed by atoms with Gasteiger partial charge in [-0.1, -0.05) is 0 Å². The fourth-order valence-electron chi connectivity index (χ4n) is 2.85. The summed E-state index contributed by atoms with van der Waals surface area (Å²) in [6.07, 6.45) is 3.90. The van der Waals surface area contributed by atoms with Gasteiger partial charge < -0.3 is 15.5 Å². The van der Waals surface area contributed by atoms with Gasteiger partial charge in [0.15, 0.2) is 5.58 Å². The molecule has 5 nitrogen and oxygen atoms in total. The van der Waals surface area contributed by atoms with Crippen LogP contribution < -0.4 is 11.1 Å². The minimum absolute atomic E-state index is 0.450.